The van der Waals surface area contributed by atoms with E-state index < -0.39 is 0 Å². The Kier molecular flexibility index (Phi) is 2.64. The number of carbonyl (C=O) groups is 1. The number of carbonyl (C=O) groups excluding carboxylic acids is 1. The van der Waals surface area contributed by atoms with Crippen LogP contribution in [-0.2, 0) is 17.8 Å². The van der Waals surface area contributed by atoms with Crippen molar-refractivity contribution >= 4 is 5.78 Å². The molecule has 0 aliphatic heterocycles. The molecule has 2 rings (SSSR count). The number of rotatable bonds is 4. The quantitative estimate of drug-likeness (QED) is 0.780. The van der Waals surface area contributed by atoms with E-state index in [0.29, 0.717) is 12.2 Å². The lowest BCUT2D eigenvalue weighted by atomic mass is 10.0. The summed E-state index contributed by atoms with van der Waals surface area (Å²) < 4.78 is 1.93. The molecule has 0 radical (unpaired) electrons. The predicted octanol–water partition coefficient (Wildman–Crippen LogP) is 2.37. The molecule has 1 aliphatic rings. The lowest BCUT2D eigenvalue weighted by Crippen LogP contribution is -2.13. The van der Waals surface area contributed by atoms with Gasteiger partial charge in [-0.2, -0.15) is 5.10 Å². The first-order valence-electron chi connectivity index (χ1n) is 6.00. The number of aryl methyl sites for hydroxylation is 2. The number of hydrogen-bond acceptors (Lipinski definition) is 2. The Morgan fingerprint density at radius 2 is 2.25 bits per heavy atom. The fraction of sp³-hybridized carbons (Fsp3) is 0.692. The summed E-state index contributed by atoms with van der Waals surface area (Å²) in [6.07, 6.45) is 1.59. The van der Waals surface area contributed by atoms with Gasteiger partial charge >= 0.3 is 0 Å². The summed E-state index contributed by atoms with van der Waals surface area (Å²) >= 11 is 0. The summed E-state index contributed by atoms with van der Waals surface area (Å²) in [6, 6.07) is 2.02. The third kappa shape index (κ3) is 2.04. The second-order valence-electron chi connectivity index (χ2n) is 5.48. The average Bonchev–Trinajstić information content (AvgIpc) is 2.67. The number of ketones is 1. The van der Waals surface area contributed by atoms with Gasteiger partial charge in [-0.05, 0) is 31.7 Å². The van der Waals surface area contributed by atoms with E-state index in [4.69, 9.17) is 0 Å². The van der Waals surface area contributed by atoms with Crippen molar-refractivity contribution in [3.8, 4) is 0 Å². The Labute approximate surface area is 96.8 Å². The van der Waals surface area contributed by atoms with E-state index in [0.717, 1.165) is 24.4 Å². The molecule has 1 saturated carbocycles. The first-order valence-corrected chi connectivity index (χ1v) is 6.00. The van der Waals surface area contributed by atoms with E-state index in [1.54, 1.807) is 0 Å². The van der Waals surface area contributed by atoms with Gasteiger partial charge in [0.2, 0.25) is 0 Å². The van der Waals surface area contributed by atoms with Crippen LogP contribution in [-0.4, -0.2) is 15.6 Å². The van der Waals surface area contributed by atoms with Crippen LogP contribution in [0.5, 0.6) is 0 Å². The highest BCUT2D eigenvalue weighted by Crippen LogP contribution is 2.52. The Balaban J connectivity index is 2.06. The maximum Gasteiger partial charge on any atom is 0.142 e. The maximum atomic E-state index is 12.0. The van der Waals surface area contributed by atoms with Crippen LogP contribution in [0.1, 0.15) is 38.6 Å². The minimum atomic E-state index is 0.239. The second-order valence-corrected chi connectivity index (χ2v) is 5.48. The van der Waals surface area contributed by atoms with Crippen molar-refractivity contribution in [2.75, 3.05) is 0 Å². The third-order valence-electron chi connectivity index (χ3n) is 3.54. The summed E-state index contributed by atoms with van der Waals surface area (Å²) in [5.74, 6) is 0.646. The molecule has 3 heteroatoms. The van der Waals surface area contributed by atoms with Crippen molar-refractivity contribution in [1.29, 1.82) is 0 Å². The van der Waals surface area contributed by atoms with Gasteiger partial charge in [-0.3, -0.25) is 9.48 Å². The van der Waals surface area contributed by atoms with Crippen molar-refractivity contribution in [2.24, 2.45) is 11.3 Å². The van der Waals surface area contributed by atoms with Crippen LogP contribution in [0.25, 0.3) is 0 Å². The molecule has 0 saturated heterocycles. The van der Waals surface area contributed by atoms with E-state index in [-0.39, 0.29) is 11.3 Å². The van der Waals surface area contributed by atoms with E-state index in [1.165, 1.54) is 0 Å². The van der Waals surface area contributed by atoms with Gasteiger partial charge in [0.25, 0.3) is 0 Å². The molecule has 1 atom stereocenters. The minimum Gasteiger partial charge on any atom is -0.299 e. The number of nitrogens with zero attached hydrogens (tertiary/aromatic N) is 2. The Hall–Kier alpha value is -1.12. The van der Waals surface area contributed by atoms with Crippen LogP contribution in [0, 0.1) is 18.3 Å². The molecular weight excluding hydrogens is 200 g/mol. The Morgan fingerprint density at radius 3 is 2.75 bits per heavy atom. The zero-order valence-electron chi connectivity index (χ0n) is 10.6. The summed E-state index contributed by atoms with van der Waals surface area (Å²) in [6.45, 7) is 9.20. The van der Waals surface area contributed by atoms with Crippen molar-refractivity contribution in [2.45, 2.75) is 47.1 Å². The molecule has 1 aliphatic carbocycles. The summed E-state index contributed by atoms with van der Waals surface area (Å²) in [5, 5.41) is 4.36. The molecule has 0 amide bonds. The summed E-state index contributed by atoms with van der Waals surface area (Å²) in [5.41, 5.74) is 2.30. The van der Waals surface area contributed by atoms with Crippen LogP contribution >= 0.6 is 0 Å². The largest absolute Gasteiger partial charge is 0.299 e. The summed E-state index contributed by atoms with van der Waals surface area (Å²) in [7, 11) is 0. The Morgan fingerprint density at radius 1 is 1.62 bits per heavy atom. The van der Waals surface area contributed by atoms with Gasteiger partial charge in [0.1, 0.15) is 5.78 Å². The van der Waals surface area contributed by atoms with Gasteiger partial charge in [0, 0.05) is 24.6 Å². The zero-order valence-corrected chi connectivity index (χ0v) is 10.6. The topological polar surface area (TPSA) is 34.9 Å². The zero-order chi connectivity index (χ0) is 11.9. The van der Waals surface area contributed by atoms with Gasteiger partial charge in [0.15, 0.2) is 0 Å². The molecule has 88 valence electrons. The standard InChI is InChI=1S/C13H20N2O/c1-5-15-10(6-9(2)14-15)7-12(16)11-8-13(11,3)4/h6,11H,5,7-8H2,1-4H3. The molecule has 1 aromatic rings. The second kappa shape index (κ2) is 3.72. The molecule has 1 heterocycles. The summed E-state index contributed by atoms with van der Waals surface area (Å²) in [4.78, 5) is 12.0. The van der Waals surface area contributed by atoms with E-state index >= 15 is 0 Å². The number of Topliss-reactive ketones (excluding diaryl/α,β-unsaturated/α-hetero) is 1. The van der Waals surface area contributed by atoms with Crippen LogP contribution < -0.4 is 0 Å². The highest BCUT2D eigenvalue weighted by molar-refractivity contribution is 5.86. The average molecular weight is 220 g/mol. The van der Waals surface area contributed by atoms with Crippen LogP contribution in [0.2, 0.25) is 0 Å². The van der Waals surface area contributed by atoms with E-state index in [9.17, 15) is 4.79 Å². The van der Waals surface area contributed by atoms with Crippen molar-refractivity contribution < 1.29 is 4.79 Å². The lowest BCUT2D eigenvalue weighted by molar-refractivity contribution is -0.120. The number of aromatic nitrogens is 2. The SMILES string of the molecule is CCn1nc(C)cc1CC(=O)C1CC1(C)C. The predicted molar refractivity (Wildman–Crippen MR) is 63.2 cm³/mol. The Bertz CT molecular complexity index is 418. The highest BCUT2D eigenvalue weighted by Gasteiger charge is 2.49. The van der Waals surface area contributed by atoms with Gasteiger partial charge in [-0.15, -0.1) is 0 Å². The molecule has 1 fully saturated rings. The fourth-order valence-electron chi connectivity index (χ4n) is 2.33. The highest BCUT2D eigenvalue weighted by atomic mass is 16.1. The lowest BCUT2D eigenvalue weighted by Gasteiger charge is -2.05. The van der Waals surface area contributed by atoms with Gasteiger partial charge < -0.3 is 0 Å². The van der Waals surface area contributed by atoms with Crippen LogP contribution in [0.4, 0.5) is 0 Å². The first-order chi connectivity index (χ1) is 7.44. The minimum absolute atomic E-state index is 0.239. The third-order valence-corrected chi connectivity index (χ3v) is 3.54. The van der Waals surface area contributed by atoms with Crippen LogP contribution in [0.15, 0.2) is 6.07 Å². The monoisotopic (exact) mass is 220 g/mol. The van der Waals surface area contributed by atoms with E-state index in [1.807, 2.05) is 17.7 Å². The van der Waals surface area contributed by atoms with Gasteiger partial charge in [-0.25, -0.2) is 0 Å². The van der Waals surface area contributed by atoms with Crippen molar-refractivity contribution in [1.82, 2.24) is 9.78 Å². The van der Waals surface area contributed by atoms with Crippen molar-refractivity contribution in [3.05, 3.63) is 17.5 Å². The molecule has 0 bridgehead atoms. The smallest absolute Gasteiger partial charge is 0.142 e. The van der Waals surface area contributed by atoms with Gasteiger partial charge in [-0.1, -0.05) is 13.8 Å². The molecule has 1 unspecified atom stereocenters. The molecule has 0 aromatic carbocycles. The molecule has 16 heavy (non-hydrogen) atoms. The van der Waals surface area contributed by atoms with Crippen LogP contribution in [0.3, 0.4) is 0 Å². The van der Waals surface area contributed by atoms with E-state index in [2.05, 4.69) is 25.9 Å². The fourth-order valence-corrected chi connectivity index (χ4v) is 2.33. The number of hydrogen-bond donors (Lipinski definition) is 0. The molecule has 0 spiro atoms. The molecule has 1 aromatic heterocycles. The first kappa shape index (κ1) is 11.4. The normalized spacial score (nSPS) is 22.1. The molecule has 0 N–H and O–H groups in total. The molecule has 3 nitrogen and oxygen atoms in total. The molecular formula is C13H20N2O. The van der Waals surface area contributed by atoms with Crippen molar-refractivity contribution in [3.63, 3.8) is 0 Å². The van der Waals surface area contributed by atoms with Gasteiger partial charge in [0.05, 0.1) is 5.69 Å². The maximum absolute atomic E-state index is 12.0.